The van der Waals surface area contributed by atoms with Crippen LogP contribution in [0.1, 0.15) is 5.56 Å². The van der Waals surface area contributed by atoms with Crippen LogP contribution in [0.15, 0.2) is 23.3 Å². The summed E-state index contributed by atoms with van der Waals surface area (Å²) in [7, 11) is 0. The lowest BCUT2D eigenvalue weighted by Gasteiger charge is -1.96. The number of hydrogen-bond donors (Lipinski definition) is 3. The lowest BCUT2D eigenvalue weighted by molar-refractivity contribution is 0.628. The van der Waals surface area contributed by atoms with Gasteiger partial charge in [-0.1, -0.05) is 17.7 Å². The van der Waals surface area contributed by atoms with Crippen LogP contribution in [-0.2, 0) is 0 Å². The molecule has 0 aromatic heterocycles. The summed E-state index contributed by atoms with van der Waals surface area (Å²) in [4.78, 5) is 0. The first-order valence-corrected chi connectivity index (χ1v) is 4.05. The highest BCUT2D eigenvalue weighted by molar-refractivity contribution is 6.30. The number of hydrogen-bond acceptors (Lipinski definition) is 2. The minimum Gasteiger partial charge on any atom is -0.369 e. The predicted molar refractivity (Wildman–Crippen MR) is 61.3 cm³/mol. The van der Waals surface area contributed by atoms with Crippen LogP contribution in [0, 0.1) is 11.2 Å². The molecule has 4 N–H and O–H groups in total. The van der Waals surface area contributed by atoms with Crippen molar-refractivity contribution in [2.45, 2.75) is 0 Å². The Morgan fingerprint density at radius 3 is 2.80 bits per heavy atom. The normalized spacial score (nSPS) is 9.73. The van der Waals surface area contributed by atoms with E-state index in [1.165, 1.54) is 18.3 Å². The van der Waals surface area contributed by atoms with Crippen molar-refractivity contribution < 1.29 is 4.39 Å². The van der Waals surface area contributed by atoms with Crippen LogP contribution in [0.5, 0.6) is 0 Å². The third kappa shape index (κ3) is 4.62. The maximum atomic E-state index is 12.9. The fourth-order valence-electron chi connectivity index (χ4n) is 0.769. The topological polar surface area (TPSA) is 74.3 Å². The molecule has 0 aliphatic heterocycles. The summed E-state index contributed by atoms with van der Waals surface area (Å²) in [6.45, 7) is 0. The summed E-state index contributed by atoms with van der Waals surface area (Å²) in [6.07, 6.45) is 1.33. The van der Waals surface area contributed by atoms with Gasteiger partial charge < -0.3 is 5.73 Å². The second kappa shape index (κ2) is 6.21. The Morgan fingerprint density at radius 1 is 1.60 bits per heavy atom. The van der Waals surface area contributed by atoms with E-state index in [4.69, 9.17) is 22.7 Å². The van der Waals surface area contributed by atoms with Crippen LogP contribution >= 0.6 is 24.0 Å². The average molecular weight is 251 g/mol. The fraction of sp³-hybridized carbons (Fsp3) is 0. The first kappa shape index (κ1) is 13.7. The largest absolute Gasteiger partial charge is 0.369 e. The number of rotatable bonds is 2. The minimum absolute atomic E-state index is 0. The molecule has 1 rings (SSSR count). The highest BCUT2D eigenvalue weighted by Gasteiger charge is 1.98. The second-order valence-electron chi connectivity index (χ2n) is 2.46. The molecule has 0 radical (unpaired) electrons. The molecule has 15 heavy (non-hydrogen) atoms. The first-order chi connectivity index (χ1) is 6.59. The van der Waals surface area contributed by atoms with Crippen molar-refractivity contribution in [3.05, 3.63) is 34.6 Å². The van der Waals surface area contributed by atoms with Gasteiger partial charge in [-0.3, -0.25) is 5.41 Å². The van der Waals surface area contributed by atoms with Crippen molar-refractivity contribution in [1.29, 1.82) is 5.41 Å². The van der Waals surface area contributed by atoms with Gasteiger partial charge in [-0.15, -0.1) is 12.4 Å². The number of nitrogens with one attached hydrogen (secondary N) is 2. The molecule has 0 aliphatic rings. The summed E-state index contributed by atoms with van der Waals surface area (Å²) in [5.74, 6) is -0.797. The molecule has 1 aromatic rings. The van der Waals surface area contributed by atoms with E-state index >= 15 is 0 Å². The number of nitrogens with zero attached hydrogens (tertiary/aromatic N) is 1. The van der Waals surface area contributed by atoms with Crippen LogP contribution in [0.2, 0.25) is 5.02 Å². The summed E-state index contributed by atoms with van der Waals surface area (Å²) in [5.41, 5.74) is 7.71. The Hall–Kier alpha value is -1.33. The molecular formula is C8H9Cl2FN4. The van der Waals surface area contributed by atoms with E-state index in [1.807, 2.05) is 0 Å². The number of nitrogens with two attached hydrogens (primary N) is 1. The standard InChI is InChI=1S/C8H8ClFN4.ClH/c9-6-2-1-5(3-7(6)10)4-13-14-8(11)12;/h1-4H,(H4,11,12,14);1H/b13-4+;. The molecule has 0 spiro atoms. The SMILES string of the molecule is Cl.N=C(N)N/N=C/c1ccc(Cl)c(F)c1. The zero-order valence-electron chi connectivity index (χ0n) is 7.50. The van der Waals surface area contributed by atoms with Crippen LogP contribution in [0.4, 0.5) is 4.39 Å². The lowest BCUT2D eigenvalue weighted by atomic mass is 10.2. The van der Waals surface area contributed by atoms with Gasteiger partial charge in [-0.25, -0.2) is 9.82 Å². The Balaban J connectivity index is 0.00000196. The average Bonchev–Trinajstić information content (AvgIpc) is 2.10. The van der Waals surface area contributed by atoms with Crippen molar-refractivity contribution in [1.82, 2.24) is 5.43 Å². The third-order valence-corrected chi connectivity index (χ3v) is 1.65. The molecule has 7 heteroatoms. The molecule has 4 nitrogen and oxygen atoms in total. The van der Waals surface area contributed by atoms with E-state index in [9.17, 15) is 4.39 Å². The van der Waals surface area contributed by atoms with Gasteiger partial charge in [0.25, 0.3) is 0 Å². The molecule has 0 saturated heterocycles. The van der Waals surface area contributed by atoms with Gasteiger partial charge in [0.05, 0.1) is 11.2 Å². The summed E-state index contributed by atoms with van der Waals surface area (Å²) in [6, 6.07) is 4.25. The maximum absolute atomic E-state index is 12.9. The second-order valence-corrected chi connectivity index (χ2v) is 2.86. The summed E-state index contributed by atoms with van der Waals surface area (Å²) in [5, 5.41) is 10.4. The van der Waals surface area contributed by atoms with Gasteiger partial charge in [0.1, 0.15) is 5.82 Å². The van der Waals surface area contributed by atoms with Crippen molar-refractivity contribution in [2.24, 2.45) is 10.8 Å². The van der Waals surface area contributed by atoms with Crippen molar-refractivity contribution in [3.8, 4) is 0 Å². The van der Waals surface area contributed by atoms with Crippen LogP contribution < -0.4 is 11.2 Å². The summed E-state index contributed by atoms with van der Waals surface area (Å²) >= 11 is 5.48. The van der Waals surface area contributed by atoms with E-state index in [-0.39, 0.29) is 23.4 Å². The zero-order chi connectivity index (χ0) is 10.6. The van der Waals surface area contributed by atoms with Gasteiger partial charge in [-0.05, 0) is 17.7 Å². The lowest BCUT2D eigenvalue weighted by Crippen LogP contribution is -2.25. The summed E-state index contributed by atoms with van der Waals surface area (Å²) < 4.78 is 12.9. The maximum Gasteiger partial charge on any atom is 0.206 e. The van der Waals surface area contributed by atoms with Gasteiger partial charge >= 0.3 is 0 Å². The van der Waals surface area contributed by atoms with Crippen molar-refractivity contribution in [2.75, 3.05) is 0 Å². The number of halogens is 3. The molecule has 1 aromatic carbocycles. The molecule has 0 heterocycles. The van der Waals surface area contributed by atoms with E-state index in [2.05, 4.69) is 10.5 Å². The molecular weight excluding hydrogens is 242 g/mol. The Labute approximate surface area is 97.2 Å². The van der Waals surface area contributed by atoms with Gasteiger partial charge in [0.15, 0.2) is 0 Å². The van der Waals surface area contributed by atoms with E-state index in [0.717, 1.165) is 0 Å². The van der Waals surface area contributed by atoms with Crippen molar-refractivity contribution in [3.63, 3.8) is 0 Å². The quantitative estimate of drug-likeness (QED) is 0.425. The minimum atomic E-state index is -0.515. The molecule has 0 unspecified atom stereocenters. The Morgan fingerprint density at radius 2 is 2.27 bits per heavy atom. The van der Waals surface area contributed by atoms with E-state index in [0.29, 0.717) is 5.56 Å². The Kier molecular flexibility index (Phi) is 5.66. The fourth-order valence-corrected chi connectivity index (χ4v) is 0.887. The molecule has 0 saturated carbocycles. The monoisotopic (exact) mass is 250 g/mol. The van der Waals surface area contributed by atoms with Crippen LogP contribution in [0.25, 0.3) is 0 Å². The highest BCUT2D eigenvalue weighted by atomic mass is 35.5. The van der Waals surface area contributed by atoms with Crippen molar-refractivity contribution >= 4 is 36.2 Å². The van der Waals surface area contributed by atoms with Crippen LogP contribution in [-0.4, -0.2) is 12.2 Å². The van der Waals surface area contributed by atoms with Gasteiger partial charge in [0.2, 0.25) is 5.96 Å². The van der Waals surface area contributed by atoms with Gasteiger partial charge in [0, 0.05) is 0 Å². The molecule has 0 atom stereocenters. The molecule has 0 aliphatic carbocycles. The molecule has 82 valence electrons. The highest BCUT2D eigenvalue weighted by Crippen LogP contribution is 2.14. The molecule has 0 amide bonds. The number of hydrazone groups is 1. The Bertz CT molecular complexity index is 381. The first-order valence-electron chi connectivity index (χ1n) is 3.68. The molecule has 0 fully saturated rings. The van der Waals surface area contributed by atoms with E-state index in [1.54, 1.807) is 6.07 Å². The predicted octanol–water partition coefficient (Wildman–Crippen LogP) is 1.72. The zero-order valence-corrected chi connectivity index (χ0v) is 9.07. The molecule has 0 bridgehead atoms. The van der Waals surface area contributed by atoms with Gasteiger partial charge in [-0.2, -0.15) is 5.10 Å². The van der Waals surface area contributed by atoms with E-state index < -0.39 is 5.82 Å². The number of guanidine groups is 1. The smallest absolute Gasteiger partial charge is 0.206 e. The third-order valence-electron chi connectivity index (χ3n) is 1.34. The van der Waals surface area contributed by atoms with Crippen LogP contribution in [0.3, 0.4) is 0 Å². The number of benzene rings is 1.